The maximum Gasteiger partial charge on any atom is 0.230 e. The zero-order valence-electron chi connectivity index (χ0n) is 10.9. The van der Waals surface area contributed by atoms with E-state index in [2.05, 4.69) is 12.2 Å². The molecule has 18 heavy (non-hydrogen) atoms. The lowest BCUT2D eigenvalue weighted by Crippen LogP contribution is -2.26. The van der Waals surface area contributed by atoms with Crippen LogP contribution < -0.4 is 15.8 Å². The number of benzene rings is 1. The molecule has 1 aromatic rings. The first-order valence-electron chi connectivity index (χ1n) is 6.00. The fourth-order valence-corrected chi connectivity index (χ4v) is 2.19. The molecule has 5 heteroatoms. The van der Waals surface area contributed by atoms with Gasteiger partial charge < -0.3 is 15.8 Å². The van der Waals surface area contributed by atoms with Crippen molar-refractivity contribution in [1.29, 1.82) is 0 Å². The van der Waals surface area contributed by atoms with Gasteiger partial charge in [-0.25, -0.2) is 0 Å². The van der Waals surface area contributed by atoms with Crippen molar-refractivity contribution in [3.05, 3.63) is 18.2 Å². The van der Waals surface area contributed by atoms with E-state index in [0.29, 0.717) is 11.4 Å². The molecule has 1 rings (SSSR count). The normalized spacial score (nSPS) is 10.1. The van der Waals surface area contributed by atoms with Gasteiger partial charge in [-0.1, -0.05) is 13.3 Å². The monoisotopic (exact) mass is 268 g/mol. The summed E-state index contributed by atoms with van der Waals surface area (Å²) < 4.78 is 5.13. The molecule has 1 aromatic carbocycles. The van der Waals surface area contributed by atoms with E-state index in [1.165, 1.54) is 11.8 Å². The zero-order valence-corrected chi connectivity index (χ0v) is 11.7. The Balaban J connectivity index is 2.45. The van der Waals surface area contributed by atoms with Gasteiger partial charge in [0.05, 0.1) is 12.9 Å². The SMILES string of the molecule is CCCCNC(=O)CSc1cc(OC)ccc1N. The number of nitrogens with one attached hydrogen (secondary N) is 1. The maximum atomic E-state index is 11.6. The molecule has 0 fully saturated rings. The van der Waals surface area contributed by atoms with Crippen molar-refractivity contribution in [2.75, 3.05) is 25.1 Å². The second-order valence-corrected chi connectivity index (χ2v) is 4.91. The molecular weight excluding hydrogens is 248 g/mol. The summed E-state index contributed by atoms with van der Waals surface area (Å²) >= 11 is 1.43. The second kappa shape index (κ2) is 7.87. The lowest BCUT2D eigenvalue weighted by molar-refractivity contribution is -0.118. The summed E-state index contributed by atoms with van der Waals surface area (Å²) in [5.41, 5.74) is 6.51. The molecule has 3 N–H and O–H groups in total. The zero-order chi connectivity index (χ0) is 13.4. The number of amides is 1. The van der Waals surface area contributed by atoms with Gasteiger partial charge >= 0.3 is 0 Å². The average molecular weight is 268 g/mol. The van der Waals surface area contributed by atoms with Crippen LogP contribution in [0.2, 0.25) is 0 Å². The number of hydrogen-bond acceptors (Lipinski definition) is 4. The first-order chi connectivity index (χ1) is 8.67. The molecule has 0 bridgehead atoms. The summed E-state index contributed by atoms with van der Waals surface area (Å²) in [6, 6.07) is 5.44. The molecular formula is C13H20N2O2S. The summed E-state index contributed by atoms with van der Waals surface area (Å²) in [6.07, 6.45) is 2.09. The van der Waals surface area contributed by atoms with Crippen LogP contribution in [-0.4, -0.2) is 25.3 Å². The number of thioether (sulfide) groups is 1. The third kappa shape index (κ3) is 4.87. The van der Waals surface area contributed by atoms with Crippen molar-refractivity contribution < 1.29 is 9.53 Å². The summed E-state index contributed by atoms with van der Waals surface area (Å²) in [5, 5.41) is 2.87. The molecule has 100 valence electrons. The molecule has 0 aliphatic rings. The van der Waals surface area contributed by atoms with Crippen molar-refractivity contribution in [3.63, 3.8) is 0 Å². The smallest absolute Gasteiger partial charge is 0.230 e. The van der Waals surface area contributed by atoms with Crippen LogP contribution in [0.5, 0.6) is 5.75 Å². The third-order valence-corrected chi connectivity index (χ3v) is 3.50. The van der Waals surface area contributed by atoms with Crippen LogP contribution in [0.1, 0.15) is 19.8 Å². The van der Waals surface area contributed by atoms with Gasteiger partial charge in [0.15, 0.2) is 0 Å². The van der Waals surface area contributed by atoms with Gasteiger partial charge in [-0.3, -0.25) is 4.79 Å². The molecule has 0 aliphatic carbocycles. The molecule has 4 nitrogen and oxygen atoms in total. The van der Waals surface area contributed by atoms with Gasteiger partial charge in [-0.05, 0) is 24.6 Å². The second-order valence-electron chi connectivity index (χ2n) is 3.90. The Hall–Kier alpha value is -1.36. The lowest BCUT2D eigenvalue weighted by Gasteiger charge is -2.08. The Morgan fingerprint density at radius 2 is 2.28 bits per heavy atom. The molecule has 0 spiro atoms. The molecule has 0 heterocycles. The highest BCUT2D eigenvalue weighted by molar-refractivity contribution is 8.00. The number of ether oxygens (including phenoxy) is 1. The third-order valence-electron chi connectivity index (χ3n) is 2.43. The van der Waals surface area contributed by atoms with E-state index in [-0.39, 0.29) is 5.91 Å². The number of hydrogen-bond donors (Lipinski definition) is 2. The van der Waals surface area contributed by atoms with Crippen molar-refractivity contribution in [2.45, 2.75) is 24.7 Å². The number of carbonyl (C=O) groups is 1. The quantitative estimate of drug-likeness (QED) is 0.452. The number of unbranched alkanes of at least 4 members (excludes halogenated alkanes) is 1. The average Bonchev–Trinajstić information content (AvgIpc) is 2.38. The van der Waals surface area contributed by atoms with Crippen LogP contribution >= 0.6 is 11.8 Å². The van der Waals surface area contributed by atoms with Crippen LogP contribution in [-0.2, 0) is 4.79 Å². The molecule has 0 saturated heterocycles. The summed E-state index contributed by atoms with van der Waals surface area (Å²) in [6.45, 7) is 2.83. The van der Waals surface area contributed by atoms with Crippen LogP contribution in [0, 0.1) is 0 Å². The Morgan fingerprint density at radius 3 is 2.94 bits per heavy atom. The van der Waals surface area contributed by atoms with Crippen molar-refractivity contribution in [1.82, 2.24) is 5.32 Å². The Labute approximate surface area is 112 Å². The summed E-state index contributed by atoms with van der Waals surface area (Å²) in [5.74, 6) is 1.16. The van der Waals surface area contributed by atoms with Crippen LogP contribution in [0.4, 0.5) is 5.69 Å². The van der Waals surface area contributed by atoms with Crippen molar-refractivity contribution >= 4 is 23.4 Å². The number of anilines is 1. The highest BCUT2D eigenvalue weighted by Crippen LogP contribution is 2.28. The van der Waals surface area contributed by atoms with Crippen LogP contribution in [0.15, 0.2) is 23.1 Å². The predicted molar refractivity (Wildman–Crippen MR) is 76.0 cm³/mol. The Bertz CT molecular complexity index is 397. The van der Waals surface area contributed by atoms with E-state index in [1.807, 2.05) is 6.07 Å². The number of nitrogen functional groups attached to an aromatic ring is 1. The molecule has 0 atom stereocenters. The standard InChI is InChI=1S/C13H20N2O2S/c1-3-4-7-15-13(16)9-18-12-8-10(17-2)5-6-11(12)14/h5-6,8H,3-4,7,9,14H2,1-2H3,(H,15,16). The van der Waals surface area contributed by atoms with E-state index in [0.717, 1.165) is 30.0 Å². The van der Waals surface area contributed by atoms with Gasteiger partial charge in [0.25, 0.3) is 0 Å². The Morgan fingerprint density at radius 1 is 1.50 bits per heavy atom. The Kier molecular flexibility index (Phi) is 6.43. The van der Waals surface area contributed by atoms with E-state index >= 15 is 0 Å². The van der Waals surface area contributed by atoms with Crippen molar-refractivity contribution in [3.8, 4) is 5.75 Å². The molecule has 0 unspecified atom stereocenters. The fraction of sp³-hybridized carbons (Fsp3) is 0.462. The summed E-state index contributed by atoms with van der Waals surface area (Å²) in [4.78, 5) is 12.4. The van der Waals surface area contributed by atoms with Crippen LogP contribution in [0.3, 0.4) is 0 Å². The van der Waals surface area contributed by atoms with Gasteiger partial charge in [0, 0.05) is 17.1 Å². The molecule has 0 aromatic heterocycles. The minimum Gasteiger partial charge on any atom is -0.497 e. The predicted octanol–water partition coefficient (Wildman–Crippen LogP) is 2.29. The number of carbonyl (C=O) groups excluding carboxylic acids is 1. The van der Waals surface area contributed by atoms with Gasteiger partial charge in [0.1, 0.15) is 5.75 Å². The minimum atomic E-state index is 0.0377. The topological polar surface area (TPSA) is 64.3 Å². The molecule has 1 amide bonds. The van der Waals surface area contributed by atoms with Crippen LogP contribution in [0.25, 0.3) is 0 Å². The van der Waals surface area contributed by atoms with Crippen molar-refractivity contribution in [2.24, 2.45) is 0 Å². The van der Waals surface area contributed by atoms with E-state index in [1.54, 1.807) is 19.2 Å². The van der Waals surface area contributed by atoms with E-state index in [4.69, 9.17) is 10.5 Å². The van der Waals surface area contributed by atoms with E-state index in [9.17, 15) is 4.79 Å². The first-order valence-corrected chi connectivity index (χ1v) is 6.99. The lowest BCUT2D eigenvalue weighted by atomic mass is 10.3. The minimum absolute atomic E-state index is 0.0377. The van der Waals surface area contributed by atoms with Gasteiger partial charge in [-0.2, -0.15) is 0 Å². The van der Waals surface area contributed by atoms with E-state index < -0.39 is 0 Å². The maximum absolute atomic E-state index is 11.6. The number of methoxy groups -OCH3 is 1. The number of nitrogens with two attached hydrogens (primary N) is 1. The molecule has 0 radical (unpaired) electrons. The fourth-order valence-electron chi connectivity index (χ4n) is 1.37. The highest BCUT2D eigenvalue weighted by atomic mass is 32.2. The highest BCUT2D eigenvalue weighted by Gasteiger charge is 2.06. The van der Waals surface area contributed by atoms with Gasteiger partial charge in [-0.15, -0.1) is 11.8 Å². The first kappa shape index (κ1) is 14.7. The largest absolute Gasteiger partial charge is 0.497 e. The number of rotatable bonds is 7. The molecule has 0 saturated carbocycles. The molecule has 0 aliphatic heterocycles. The van der Waals surface area contributed by atoms with Gasteiger partial charge in [0.2, 0.25) is 5.91 Å². The summed E-state index contributed by atoms with van der Waals surface area (Å²) in [7, 11) is 1.61.